The van der Waals surface area contributed by atoms with E-state index >= 15 is 0 Å². The van der Waals surface area contributed by atoms with Gasteiger partial charge in [0.2, 0.25) is 0 Å². The lowest BCUT2D eigenvalue weighted by atomic mass is 10.0. The highest BCUT2D eigenvalue weighted by molar-refractivity contribution is 8.13. The zero-order valence-corrected chi connectivity index (χ0v) is 13.6. The van der Waals surface area contributed by atoms with Crippen molar-refractivity contribution in [2.75, 3.05) is 6.54 Å². The van der Waals surface area contributed by atoms with E-state index in [4.69, 9.17) is 10.7 Å². The van der Waals surface area contributed by atoms with Crippen molar-refractivity contribution in [2.24, 2.45) is 5.92 Å². The van der Waals surface area contributed by atoms with Crippen LogP contribution in [-0.2, 0) is 9.05 Å². The minimum atomic E-state index is -3.82. The second-order valence-corrected chi connectivity index (χ2v) is 8.23. The van der Waals surface area contributed by atoms with E-state index in [2.05, 4.69) is 5.32 Å². The van der Waals surface area contributed by atoms with Crippen LogP contribution in [0.4, 0.5) is 0 Å². The van der Waals surface area contributed by atoms with Gasteiger partial charge in [0.25, 0.3) is 15.0 Å². The van der Waals surface area contributed by atoms with Crippen LogP contribution < -0.4 is 5.32 Å². The number of hydrogen-bond donors (Lipinski definition) is 1. The zero-order valence-electron chi connectivity index (χ0n) is 12.1. The molecule has 0 aliphatic heterocycles. The lowest BCUT2D eigenvalue weighted by molar-refractivity contribution is 0.0951. The maximum absolute atomic E-state index is 12.1. The number of nitrogens with one attached hydrogen (secondary N) is 1. The molecule has 1 amide bonds. The van der Waals surface area contributed by atoms with Crippen molar-refractivity contribution in [3.05, 3.63) is 29.3 Å². The lowest BCUT2D eigenvalue weighted by Gasteiger charge is -2.10. The summed E-state index contributed by atoms with van der Waals surface area (Å²) in [6, 6.07) is 4.44. The van der Waals surface area contributed by atoms with Gasteiger partial charge in [-0.15, -0.1) is 0 Å². The molecule has 0 radical (unpaired) electrons. The molecule has 1 aromatic rings. The molecule has 4 nitrogen and oxygen atoms in total. The molecule has 0 spiro atoms. The van der Waals surface area contributed by atoms with Crippen LogP contribution in [0.3, 0.4) is 0 Å². The average Bonchev–Trinajstić information content (AvgIpc) is 2.90. The topological polar surface area (TPSA) is 63.2 Å². The van der Waals surface area contributed by atoms with Gasteiger partial charge in [0.15, 0.2) is 0 Å². The molecule has 116 valence electrons. The van der Waals surface area contributed by atoms with Crippen LogP contribution in [0.5, 0.6) is 0 Å². The minimum absolute atomic E-state index is 0.0369. The molecule has 21 heavy (non-hydrogen) atoms. The van der Waals surface area contributed by atoms with Crippen molar-refractivity contribution >= 4 is 25.6 Å². The molecular formula is C15H20ClNO3S. The Hall–Kier alpha value is -1.07. The first-order valence-electron chi connectivity index (χ1n) is 7.21. The van der Waals surface area contributed by atoms with Gasteiger partial charge in [0.05, 0.1) is 4.90 Å². The van der Waals surface area contributed by atoms with Gasteiger partial charge >= 0.3 is 0 Å². The Labute approximate surface area is 130 Å². The summed E-state index contributed by atoms with van der Waals surface area (Å²) in [5.41, 5.74) is 1.03. The number of carbonyl (C=O) groups is 1. The first-order chi connectivity index (χ1) is 9.86. The molecule has 2 rings (SSSR count). The molecule has 0 bridgehead atoms. The van der Waals surface area contributed by atoms with Crippen LogP contribution >= 0.6 is 10.7 Å². The molecule has 0 aromatic heterocycles. The first kappa shape index (κ1) is 16.3. The Balaban J connectivity index is 2.00. The van der Waals surface area contributed by atoms with Gasteiger partial charge in [-0.2, -0.15) is 0 Å². The Kier molecular flexibility index (Phi) is 5.27. The highest BCUT2D eigenvalue weighted by Crippen LogP contribution is 2.27. The van der Waals surface area contributed by atoms with Crippen molar-refractivity contribution < 1.29 is 13.2 Å². The third-order valence-corrected chi connectivity index (χ3v) is 5.24. The average molecular weight is 330 g/mol. The molecule has 0 atom stereocenters. The third kappa shape index (κ3) is 4.71. The zero-order chi connectivity index (χ0) is 15.5. The second kappa shape index (κ2) is 6.79. The first-order valence-corrected chi connectivity index (χ1v) is 9.52. The summed E-state index contributed by atoms with van der Waals surface area (Å²) >= 11 is 0. The van der Waals surface area contributed by atoms with E-state index in [1.807, 2.05) is 0 Å². The third-order valence-electron chi connectivity index (χ3n) is 3.91. The number of halogens is 1. The normalized spacial score (nSPS) is 16.1. The van der Waals surface area contributed by atoms with Gasteiger partial charge in [-0.1, -0.05) is 25.7 Å². The smallest absolute Gasteiger partial charge is 0.261 e. The molecule has 1 aliphatic rings. The summed E-state index contributed by atoms with van der Waals surface area (Å²) in [7, 11) is 1.52. The van der Waals surface area contributed by atoms with E-state index in [-0.39, 0.29) is 10.8 Å². The molecule has 0 saturated heterocycles. The van der Waals surface area contributed by atoms with Crippen molar-refractivity contribution in [1.29, 1.82) is 0 Å². The van der Waals surface area contributed by atoms with Gasteiger partial charge < -0.3 is 5.32 Å². The summed E-state index contributed by atoms with van der Waals surface area (Å²) < 4.78 is 22.8. The fourth-order valence-corrected chi connectivity index (χ4v) is 3.67. The highest BCUT2D eigenvalue weighted by Gasteiger charge is 2.17. The predicted molar refractivity (Wildman–Crippen MR) is 83.1 cm³/mol. The second-order valence-electron chi connectivity index (χ2n) is 5.67. The number of carbonyl (C=O) groups excluding carboxylic acids is 1. The maximum atomic E-state index is 12.1. The van der Waals surface area contributed by atoms with Gasteiger partial charge in [-0.3, -0.25) is 4.79 Å². The lowest BCUT2D eigenvalue weighted by Crippen LogP contribution is -2.25. The summed E-state index contributed by atoms with van der Waals surface area (Å²) in [5, 5.41) is 2.85. The molecule has 1 aliphatic carbocycles. The van der Waals surface area contributed by atoms with Crippen molar-refractivity contribution in [3.8, 4) is 0 Å². The molecule has 0 heterocycles. The van der Waals surface area contributed by atoms with Gasteiger partial charge in [-0.25, -0.2) is 8.42 Å². The van der Waals surface area contributed by atoms with Crippen molar-refractivity contribution in [1.82, 2.24) is 5.32 Å². The molecular weight excluding hydrogens is 310 g/mol. The number of benzene rings is 1. The van der Waals surface area contributed by atoms with Gasteiger partial charge in [0, 0.05) is 22.8 Å². The summed E-state index contributed by atoms with van der Waals surface area (Å²) in [4.78, 5) is 12.1. The number of aryl methyl sites for hydroxylation is 1. The van der Waals surface area contributed by atoms with Crippen LogP contribution in [0.15, 0.2) is 23.1 Å². The number of hydrogen-bond acceptors (Lipinski definition) is 3. The Bertz CT molecular complexity index is 622. The standard InChI is InChI=1S/C15H20ClNO3S/c1-11-8-13(10-14(9-11)21(16,19)20)15(18)17-7-6-12-4-2-3-5-12/h8-10,12H,2-7H2,1H3,(H,17,18). The van der Waals surface area contributed by atoms with E-state index in [0.717, 1.165) is 6.42 Å². The monoisotopic (exact) mass is 329 g/mol. The fourth-order valence-electron chi connectivity index (χ4n) is 2.81. The SMILES string of the molecule is Cc1cc(C(=O)NCCC2CCCC2)cc(S(=O)(=O)Cl)c1. The van der Waals surface area contributed by atoms with Crippen molar-refractivity contribution in [3.63, 3.8) is 0 Å². The summed E-state index contributed by atoms with van der Waals surface area (Å²) in [5.74, 6) is 0.458. The molecule has 6 heteroatoms. The van der Waals surface area contributed by atoms with Gasteiger partial charge in [-0.05, 0) is 43.0 Å². The molecule has 0 unspecified atom stereocenters. The summed E-state index contributed by atoms with van der Waals surface area (Å²) in [6.45, 7) is 2.36. The number of amides is 1. The maximum Gasteiger partial charge on any atom is 0.261 e. The van der Waals surface area contributed by atoms with Crippen molar-refractivity contribution in [2.45, 2.75) is 43.9 Å². The Morgan fingerprint density at radius 2 is 1.95 bits per heavy atom. The molecule has 1 fully saturated rings. The quantitative estimate of drug-likeness (QED) is 0.843. The van der Waals surface area contributed by atoms with Crippen LogP contribution in [0.1, 0.15) is 48.0 Å². The molecule has 1 saturated carbocycles. The van der Waals surface area contributed by atoms with E-state index < -0.39 is 9.05 Å². The van der Waals surface area contributed by atoms with Crippen LogP contribution in [0, 0.1) is 12.8 Å². The Morgan fingerprint density at radius 3 is 2.57 bits per heavy atom. The molecule has 1 aromatic carbocycles. The van der Waals surface area contributed by atoms with Crippen LogP contribution in [0.2, 0.25) is 0 Å². The van der Waals surface area contributed by atoms with Gasteiger partial charge in [0.1, 0.15) is 0 Å². The van der Waals surface area contributed by atoms with E-state index in [0.29, 0.717) is 23.6 Å². The predicted octanol–water partition coefficient (Wildman–Crippen LogP) is 3.23. The largest absolute Gasteiger partial charge is 0.352 e. The molecule has 1 N–H and O–H groups in total. The Morgan fingerprint density at radius 1 is 1.29 bits per heavy atom. The van der Waals surface area contributed by atoms with E-state index in [1.54, 1.807) is 13.0 Å². The van der Waals surface area contributed by atoms with E-state index in [1.165, 1.54) is 37.8 Å². The summed E-state index contributed by atoms with van der Waals surface area (Å²) in [6.07, 6.45) is 6.04. The van der Waals surface area contributed by atoms with Crippen LogP contribution in [-0.4, -0.2) is 20.9 Å². The van der Waals surface area contributed by atoms with Crippen LogP contribution in [0.25, 0.3) is 0 Å². The highest BCUT2D eigenvalue weighted by atomic mass is 35.7. The van der Waals surface area contributed by atoms with E-state index in [9.17, 15) is 13.2 Å². The minimum Gasteiger partial charge on any atom is -0.352 e. The fraction of sp³-hybridized carbons (Fsp3) is 0.533. The number of rotatable bonds is 5.